The molecule has 0 bridgehead atoms. The molecule has 0 aliphatic carbocycles. The summed E-state index contributed by atoms with van der Waals surface area (Å²) in [6.07, 6.45) is 1.48. The first kappa shape index (κ1) is 10.7. The molecule has 84 valence electrons. The van der Waals surface area contributed by atoms with Crippen molar-refractivity contribution in [2.24, 2.45) is 4.99 Å². The predicted molar refractivity (Wildman–Crippen MR) is 65.0 cm³/mol. The van der Waals surface area contributed by atoms with Crippen molar-refractivity contribution < 1.29 is 4.74 Å². The number of hydrogen-bond acceptors (Lipinski definition) is 3. The number of aromatic nitrogens is 2. The summed E-state index contributed by atoms with van der Waals surface area (Å²) < 4.78 is 5.30. The molecular formula is C12H15N3O. The molecule has 0 saturated carbocycles. The lowest BCUT2D eigenvalue weighted by Gasteiger charge is -2.09. The summed E-state index contributed by atoms with van der Waals surface area (Å²) in [5.74, 6) is 1.78. The average Bonchev–Trinajstić information content (AvgIpc) is 2.67. The number of benzene rings is 1. The van der Waals surface area contributed by atoms with Crippen LogP contribution in [0.3, 0.4) is 0 Å². The normalized spacial score (nSPS) is 12.7. The Morgan fingerprint density at radius 2 is 2.12 bits per heavy atom. The van der Waals surface area contributed by atoms with E-state index in [4.69, 9.17) is 4.74 Å². The van der Waals surface area contributed by atoms with Crippen LogP contribution in [0.25, 0.3) is 11.0 Å². The maximum Gasteiger partial charge on any atom is 0.176 e. The van der Waals surface area contributed by atoms with Crippen molar-refractivity contribution in [3.05, 3.63) is 23.5 Å². The molecule has 2 heterocycles. The minimum atomic E-state index is 0.684. The number of aromatic amines is 1. The maximum absolute atomic E-state index is 5.30. The Balaban J connectivity index is 0.000000457. The van der Waals surface area contributed by atoms with Gasteiger partial charge in [0.1, 0.15) is 11.6 Å². The van der Waals surface area contributed by atoms with E-state index in [0.717, 1.165) is 28.2 Å². The highest BCUT2D eigenvalue weighted by molar-refractivity contribution is 5.79. The smallest absolute Gasteiger partial charge is 0.176 e. The first-order valence-electron chi connectivity index (χ1n) is 5.47. The van der Waals surface area contributed by atoms with Gasteiger partial charge < -0.3 is 9.72 Å². The molecule has 0 spiro atoms. The van der Waals surface area contributed by atoms with Gasteiger partial charge in [0, 0.05) is 11.6 Å². The monoisotopic (exact) mass is 217 g/mol. The minimum Gasteiger partial charge on any atom is -0.446 e. The number of ether oxygens (including phenoxy) is 1. The zero-order valence-corrected chi connectivity index (χ0v) is 9.74. The third-order valence-electron chi connectivity index (χ3n) is 2.30. The Morgan fingerprint density at radius 1 is 1.31 bits per heavy atom. The van der Waals surface area contributed by atoms with Crippen molar-refractivity contribution in [3.63, 3.8) is 0 Å². The van der Waals surface area contributed by atoms with E-state index in [-0.39, 0.29) is 0 Å². The van der Waals surface area contributed by atoms with E-state index in [9.17, 15) is 0 Å². The topological polar surface area (TPSA) is 50.3 Å². The molecular weight excluding hydrogens is 202 g/mol. The Morgan fingerprint density at radius 3 is 2.94 bits per heavy atom. The second kappa shape index (κ2) is 4.35. The number of imidazole rings is 1. The van der Waals surface area contributed by atoms with E-state index in [1.807, 2.05) is 32.9 Å². The Hall–Kier alpha value is -1.84. The highest BCUT2D eigenvalue weighted by atomic mass is 16.5. The summed E-state index contributed by atoms with van der Waals surface area (Å²) in [6, 6.07) is 3.99. The highest BCUT2D eigenvalue weighted by Gasteiger charge is 2.10. The van der Waals surface area contributed by atoms with Gasteiger partial charge in [0.05, 0.1) is 17.6 Å². The van der Waals surface area contributed by atoms with Crippen molar-refractivity contribution in [1.82, 2.24) is 9.97 Å². The van der Waals surface area contributed by atoms with E-state index in [1.54, 1.807) is 0 Å². The lowest BCUT2D eigenvalue weighted by atomic mass is 10.1. The third kappa shape index (κ3) is 1.78. The fraction of sp³-hybridized carbons (Fsp3) is 0.333. The number of aryl methyl sites for hydroxylation is 1. The molecule has 2 aromatic rings. The molecule has 1 aromatic carbocycles. The number of hydrogen-bond donors (Lipinski definition) is 1. The number of aliphatic imine (C=N–C) groups is 1. The zero-order chi connectivity index (χ0) is 11.5. The molecule has 3 rings (SSSR count). The third-order valence-corrected chi connectivity index (χ3v) is 2.30. The van der Waals surface area contributed by atoms with Gasteiger partial charge >= 0.3 is 0 Å². The average molecular weight is 217 g/mol. The molecule has 1 aliphatic rings. The van der Waals surface area contributed by atoms with Crippen molar-refractivity contribution in [3.8, 4) is 5.75 Å². The summed E-state index contributed by atoms with van der Waals surface area (Å²) in [7, 11) is 0. The maximum atomic E-state index is 5.30. The summed E-state index contributed by atoms with van der Waals surface area (Å²) in [5, 5.41) is 0. The number of rotatable bonds is 0. The second-order valence-corrected chi connectivity index (χ2v) is 3.36. The number of nitrogens with zero attached hydrogens (tertiary/aromatic N) is 2. The lowest BCUT2D eigenvalue weighted by Crippen LogP contribution is -2.00. The van der Waals surface area contributed by atoms with E-state index < -0.39 is 0 Å². The fourth-order valence-electron chi connectivity index (χ4n) is 1.67. The molecule has 0 saturated heterocycles. The van der Waals surface area contributed by atoms with Gasteiger partial charge in [-0.15, -0.1) is 0 Å². The van der Waals surface area contributed by atoms with Crippen LogP contribution in [0.15, 0.2) is 17.1 Å². The number of fused-ring (bicyclic) bond motifs is 2. The first-order chi connectivity index (χ1) is 7.83. The van der Waals surface area contributed by atoms with Crippen LogP contribution in [0.4, 0.5) is 0 Å². The van der Waals surface area contributed by atoms with Gasteiger partial charge in [-0.3, -0.25) is 4.99 Å². The van der Waals surface area contributed by atoms with Crippen molar-refractivity contribution >= 4 is 17.4 Å². The summed E-state index contributed by atoms with van der Waals surface area (Å²) in [6.45, 7) is 6.62. The molecule has 1 aliphatic heterocycles. The van der Waals surface area contributed by atoms with Gasteiger partial charge in [-0.25, -0.2) is 4.98 Å². The first-order valence-corrected chi connectivity index (χ1v) is 5.47. The molecule has 4 nitrogen and oxygen atoms in total. The van der Waals surface area contributed by atoms with Crippen LogP contribution in [0, 0.1) is 6.92 Å². The molecule has 1 aromatic heterocycles. The molecule has 1 N–H and O–H groups in total. The van der Waals surface area contributed by atoms with Crippen molar-refractivity contribution in [2.45, 2.75) is 27.3 Å². The van der Waals surface area contributed by atoms with Crippen LogP contribution in [-0.2, 0) is 6.54 Å². The predicted octanol–water partition coefficient (Wildman–Crippen LogP) is 2.82. The van der Waals surface area contributed by atoms with Crippen LogP contribution >= 0.6 is 0 Å². The summed E-state index contributed by atoms with van der Waals surface area (Å²) >= 11 is 0. The van der Waals surface area contributed by atoms with Gasteiger partial charge in [-0.1, -0.05) is 13.8 Å². The zero-order valence-electron chi connectivity index (χ0n) is 9.74. The van der Waals surface area contributed by atoms with Crippen molar-refractivity contribution in [2.75, 3.05) is 0 Å². The quantitative estimate of drug-likeness (QED) is 0.737. The van der Waals surface area contributed by atoms with Crippen molar-refractivity contribution in [1.29, 1.82) is 0 Å². The molecule has 0 fully saturated rings. The van der Waals surface area contributed by atoms with Crippen LogP contribution in [0.2, 0.25) is 0 Å². The van der Waals surface area contributed by atoms with E-state index in [1.165, 1.54) is 6.40 Å². The highest BCUT2D eigenvalue weighted by Crippen LogP contribution is 2.26. The van der Waals surface area contributed by atoms with Crippen LogP contribution < -0.4 is 4.74 Å². The SMILES string of the molecule is CC.Cc1nc2cc3c(cc2[nH]1)CN=CO3. The largest absolute Gasteiger partial charge is 0.446 e. The summed E-state index contributed by atoms with van der Waals surface area (Å²) in [4.78, 5) is 11.6. The minimum absolute atomic E-state index is 0.684. The molecule has 16 heavy (non-hydrogen) atoms. The number of nitrogens with one attached hydrogen (secondary N) is 1. The lowest BCUT2D eigenvalue weighted by molar-refractivity contribution is 0.547. The molecule has 0 unspecified atom stereocenters. The Kier molecular flexibility index (Phi) is 2.90. The summed E-state index contributed by atoms with van der Waals surface area (Å²) in [5.41, 5.74) is 3.09. The van der Waals surface area contributed by atoms with Gasteiger partial charge in [0.25, 0.3) is 0 Å². The standard InChI is InChI=1S/C10H9N3O.C2H6/c1-6-12-8-2-7-4-11-5-14-10(7)3-9(8)13-6;1-2/h2-3,5H,4H2,1H3,(H,12,13);1-2H3. The van der Waals surface area contributed by atoms with E-state index in [0.29, 0.717) is 6.54 Å². The van der Waals surface area contributed by atoms with Gasteiger partial charge in [-0.2, -0.15) is 0 Å². The van der Waals surface area contributed by atoms with Crippen LogP contribution in [-0.4, -0.2) is 16.4 Å². The van der Waals surface area contributed by atoms with E-state index in [2.05, 4.69) is 15.0 Å². The van der Waals surface area contributed by atoms with Crippen LogP contribution in [0.1, 0.15) is 25.2 Å². The molecule has 0 atom stereocenters. The molecule has 0 radical (unpaired) electrons. The molecule has 0 amide bonds. The Bertz CT molecular complexity index is 483. The van der Waals surface area contributed by atoms with Crippen LogP contribution in [0.5, 0.6) is 5.75 Å². The van der Waals surface area contributed by atoms with E-state index >= 15 is 0 Å². The molecule has 4 heteroatoms. The Labute approximate surface area is 94.4 Å². The van der Waals surface area contributed by atoms with Gasteiger partial charge in [0.15, 0.2) is 6.40 Å². The van der Waals surface area contributed by atoms with Gasteiger partial charge in [0.2, 0.25) is 0 Å². The second-order valence-electron chi connectivity index (χ2n) is 3.36. The number of H-pyrrole nitrogens is 1. The van der Waals surface area contributed by atoms with Gasteiger partial charge in [-0.05, 0) is 13.0 Å². The fourth-order valence-corrected chi connectivity index (χ4v) is 1.67.